The van der Waals surface area contributed by atoms with Crippen molar-refractivity contribution in [1.82, 2.24) is 15.3 Å². The van der Waals surface area contributed by atoms with Crippen LogP contribution in [0.2, 0.25) is 0 Å². The zero-order chi connectivity index (χ0) is 12.4. The maximum absolute atomic E-state index is 4.68. The third-order valence-electron chi connectivity index (χ3n) is 3.49. The highest BCUT2D eigenvalue weighted by Gasteiger charge is 2.27. The van der Waals surface area contributed by atoms with E-state index in [1.54, 1.807) is 0 Å². The summed E-state index contributed by atoms with van der Waals surface area (Å²) in [6.45, 7) is 7.57. The number of aryl methyl sites for hydroxylation is 2. The molecule has 1 aliphatic rings. The summed E-state index contributed by atoms with van der Waals surface area (Å²) in [5.74, 6) is 2.36. The average molecular weight is 233 g/mol. The molecule has 0 saturated heterocycles. The quantitative estimate of drug-likeness (QED) is 0.848. The second kappa shape index (κ2) is 5.13. The molecule has 0 radical (unpaired) electrons. The number of rotatable bonds is 5. The smallest absolute Gasteiger partial charge is 0.131 e. The summed E-state index contributed by atoms with van der Waals surface area (Å²) in [5, 5.41) is 3.23. The van der Waals surface area contributed by atoms with Gasteiger partial charge in [-0.2, -0.15) is 0 Å². The molecule has 1 fully saturated rings. The predicted molar refractivity (Wildman–Crippen MR) is 70.3 cm³/mol. The second-order valence-corrected chi connectivity index (χ2v) is 5.37. The fourth-order valence-corrected chi connectivity index (χ4v) is 2.35. The van der Waals surface area contributed by atoms with E-state index < -0.39 is 0 Å². The van der Waals surface area contributed by atoms with Gasteiger partial charge in [-0.05, 0) is 58.2 Å². The molecule has 0 amide bonds. The third kappa shape index (κ3) is 3.03. The molecule has 1 saturated carbocycles. The molecule has 1 N–H and O–H groups in total. The van der Waals surface area contributed by atoms with Gasteiger partial charge in [0.2, 0.25) is 0 Å². The summed E-state index contributed by atoms with van der Waals surface area (Å²) in [6, 6.07) is 0. The Kier molecular flexibility index (Phi) is 3.77. The van der Waals surface area contributed by atoms with Crippen LogP contribution in [0.15, 0.2) is 0 Å². The van der Waals surface area contributed by atoms with Crippen LogP contribution in [0.4, 0.5) is 0 Å². The first-order valence-corrected chi connectivity index (χ1v) is 6.60. The van der Waals surface area contributed by atoms with Crippen molar-refractivity contribution in [2.75, 3.05) is 13.6 Å². The fourth-order valence-electron chi connectivity index (χ4n) is 2.35. The van der Waals surface area contributed by atoms with Crippen LogP contribution in [0.3, 0.4) is 0 Å². The van der Waals surface area contributed by atoms with Crippen molar-refractivity contribution in [1.29, 1.82) is 0 Å². The van der Waals surface area contributed by atoms with E-state index in [4.69, 9.17) is 0 Å². The summed E-state index contributed by atoms with van der Waals surface area (Å²) >= 11 is 0. The van der Waals surface area contributed by atoms with Gasteiger partial charge in [0.15, 0.2) is 0 Å². The van der Waals surface area contributed by atoms with Crippen molar-refractivity contribution in [3.8, 4) is 0 Å². The van der Waals surface area contributed by atoms with E-state index in [1.165, 1.54) is 29.8 Å². The van der Waals surface area contributed by atoms with E-state index in [9.17, 15) is 0 Å². The van der Waals surface area contributed by atoms with E-state index in [-0.39, 0.29) is 0 Å². The normalized spacial score (nSPS) is 17.2. The van der Waals surface area contributed by atoms with Gasteiger partial charge in [-0.15, -0.1) is 0 Å². The zero-order valence-corrected chi connectivity index (χ0v) is 11.4. The first-order valence-electron chi connectivity index (χ1n) is 6.60. The van der Waals surface area contributed by atoms with E-state index in [1.807, 2.05) is 7.05 Å². The van der Waals surface area contributed by atoms with Crippen LogP contribution in [0.5, 0.6) is 0 Å². The molecule has 0 bridgehead atoms. The molecule has 1 aromatic heterocycles. The largest absolute Gasteiger partial charge is 0.319 e. The molecule has 1 aromatic rings. The van der Waals surface area contributed by atoms with Gasteiger partial charge in [-0.1, -0.05) is 6.92 Å². The Morgan fingerprint density at radius 2 is 1.82 bits per heavy atom. The van der Waals surface area contributed by atoms with E-state index in [0.717, 1.165) is 18.8 Å². The molecule has 3 nitrogen and oxygen atoms in total. The number of hydrogen-bond acceptors (Lipinski definition) is 3. The molecule has 0 aromatic carbocycles. The Hall–Kier alpha value is -0.960. The van der Waals surface area contributed by atoms with Crippen LogP contribution in [0.1, 0.15) is 48.5 Å². The number of aromatic nitrogens is 2. The maximum atomic E-state index is 4.68. The monoisotopic (exact) mass is 233 g/mol. The van der Waals surface area contributed by atoms with Crippen molar-refractivity contribution < 1.29 is 0 Å². The van der Waals surface area contributed by atoms with Crippen LogP contribution in [0.25, 0.3) is 0 Å². The predicted octanol–water partition coefficient (Wildman–Crippen LogP) is 2.37. The van der Waals surface area contributed by atoms with Crippen molar-refractivity contribution in [2.24, 2.45) is 5.92 Å². The SMILES string of the molecule is CNCC(C)Cc1c(C)nc(C2CC2)nc1C. The van der Waals surface area contributed by atoms with Gasteiger partial charge in [0.1, 0.15) is 5.82 Å². The summed E-state index contributed by atoms with van der Waals surface area (Å²) in [7, 11) is 2.00. The summed E-state index contributed by atoms with van der Waals surface area (Å²) in [5.41, 5.74) is 3.71. The average Bonchev–Trinajstić information content (AvgIpc) is 3.07. The maximum Gasteiger partial charge on any atom is 0.131 e. The van der Waals surface area contributed by atoms with Crippen LogP contribution < -0.4 is 5.32 Å². The molecule has 3 heteroatoms. The topological polar surface area (TPSA) is 37.8 Å². The lowest BCUT2D eigenvalue weighted by atomic mass is 9.98. The fraction of sp³-hybridized carbons (Fsp3) is 0.714. The van der Waals surface area contributed by atoms with Gasteiger partial charge in [0.05, 0.1) is 0 Å². The lowest BCUT2D eigenvalue weighted by Gasteiger charge is -2.15. The minimum absolute atomic E-state index is 0.632. The highest BCUT2D eigenvalue weighted by Crippen LogP contribution is 2.38. The minimum atomic E-state index is 0.632. The molecule has 2 rings (SSSR count). The van der Waals surface area contributed by atoms with Gasteiger partial charge < -0.3 is 5.32 Å². The first kappa shape index (κ1) is 12.5. The number of nitrogens with one attached hydrogen (secondary N) is 1. The van der Waals surface area contributed by atoms with E-state index >= 15 is 0 Å². The Balaban J connectivity index is 2.16. The Morgan fingerprint density at radius 3 is 2.29 bits per heavy atom. The van der Waals surface area contributed by atoms with Gasteiger partial charge in [-0.25, -0.2) is 9.97 Å². The molecule has 1 heterocycles. The molecule has 1 unspecified atom stereocenters. The molecular weight excluding hydrogens is 210 g/mol. The van der Waals surface area contributed by atoms with Crippen molar-refractivity contribution >= 4 is 0 Å². The van der Waals surface area contributed by atoms with Crippen LogP contribution in [-0.4, -0.2) is 23.6 Å². The number of nitrogens with zero attached hydrogens (tertiary/aromatic N) is 2. The lowest BCUT2D eigenvalue weighted by molar-refractivity contribution is 0.536. The van der Waals surface area contributed by atoms with Gasteiger partial charge in [0, 0.05) is 17.3 Å². The van der Waals surface area contributed by atoms with Gasteiger partial charge >= 0.3 is 0 Å². The van der Waals surface area contributed by atoms with Crippen LogP contribution in [0, 0.1) is 19.8 Å². The standard InChI is InChI=1S/C14H23N3/c1-9(8-15-4)7-13-10(2)16-14(12-5-6-12)17-11(13)3/h9,12,15H,5-8H2,1-4H3. The second-order valence-electron chi connectivity index (χ2n) is 5.37. The summed E-state index contributed by atoms with van der Waals surface area (Å²) in [6.07, 6.45) is 3.62. The van der Waals surface area contributed by atoms with Crippen molar-refractivity contribution in [3.05, 3.63) is 22.8 Å². The first-order chi connectivity index (χ1) is 8.11. The highest BCUT2D eigenvalue weighted by atomic mass is 14.9. The van der Waals surface area contributed by atoms with E-state index in [2.05, 4.69) is 36.1 Å². The molecule has 94 valence electrons. The lowest BCUT2D eigenvalue weighted by Crippen LogP contribution is -2.19. The third-order valence-corrected chi connectivity index (χ3v) is 3.49. The van der Waals surface area contributed by atoms with E-state index in [0.29, 0.717) is 11.8 Å². The molecular formula is C14H23N3. The molecule has 0 spiro atoms. The van der Waals surface area contributed by atoms with Crippen LogP contribution in [-0.2, 0) is 6.42 Å². The number of hydrogen-bond donors (Lipinski definition) is 1. The Labute approximate surface area is 104 Å². The van der Waals surface area contributed by atoms with Gasteiger partial charge in [0.25, 0.3) is 0 Å². The summed E-state index contributed by atoms with van der Waals surface area (Å²) in [4.78, 5) is 9.36. The summed E-state index contributed by atoms with van der Waals surface area (Å²) < 4.78 is 0. The zero-order valence-electron chi connectivity index (χ0n) is 11.4. The van der Waals surface area contributed by atoms with Gasteiger partial charge in [-0.3, -0.25) is 0 Å². The van der Waals surface area contributed by atoms with Crippen molar-refractivity contribution in [2.45, 2.75) is 46.0 Å². The molecule has 1 aliphatic carbocycles. The van der Waals surface area contributed by atoms with Crippen LogP contribution >= 0.6 is 0 Å². The molecule has 0 aliphatic heterocycles. The minimum Gasteiger partial charge on any atom is -0.319 e. The van der Waals surface area contributed by atoms with Crippen molar-refractivity contribution in [3.63, 3.8) is 0 Å². The Bertz CT molecular complexity index is 373. The Morgan fingerprint density at radius 1 is 1.24 bits per heavy atom. The molecule has 17 heavy (non-hydrogen) atoms. The highest BCUT2D eigenvalue weighted by molar-refractivity contribution is 5.26. The molecule has 1 atom stereocenters.